The molecule has 0 unspecified atom stereocenters. The standard InChI is InChI=1S/C19H19N5O4S/c1-11-4-6-13(7-5-11)17-21-19(23-22-17)29-12(2)18(25)20-15-10-14(24(26)27)8-9-16(15)28-3/h4-10,12H,1-3H3,(H,20,25)(H,21,22,23)/t12-/m0/s1. The molecule has 2 N–H and O–H groups in total. The van der Waals surface area contributed by atoms with E-state index in [0.29, 0.717) is 16.7 Å². The van der Waals surface area contributed by atoms with Crippen molar-refractivity contribution in [1.82, 2.24) is 15.2 Å². The molecule has 1 amide bonds. The third kappa shape index (κ3) is 4.91. The molecule has 0 radical (unpaired) electrons. The molecule has 0 fully saturated rings. The fraction of sp³-hybridized carbons (Fsp3) is 0.211. The summed E-state index contributed by atoms with van der Waals surface area (Å²) in [7, 11) is 1.43. The van der Waals surface area contributed by atoms with Crippen LogP contribution in [0.5, 0.6) is 5.75 Å². The van der Waals surface area contributed by atoms with Gasteiger partial charge in [-0.25, -0.2) is 4.98 Å². The molecule has 0 aliphatic heterocycles. The number of carbonyl (C=O) groups excluding carboxylic acids is 1. The number of aromatic nitrogens is 3. The molecule has 0 spiro atoms. The maximum atomic E-state index is 12.6. The zero-order chi connectivity index (χ0) is 21.0. The van der Waals surface area contributed by atoms with Gasteiger partial charge in [0.15, 0.2) is 5.82 Å². The van der Waals surface area contributed by atoms with Gasteiger partial charge < -0.3 is 10.1 Å². The van der Waals surface area contributed by atoms with E-state index in [1.54, 1.807) is 6.92 Å². The van der Waals surface area contributed by atoms with Crippen LogP contribution in [0, 0.1) is 17.0 Å². The van der Waals surface area contributed by atoms with Crippen LogP contribution < -0.4 is 10.1 Å². The number of nitro benzene ring substituents is 1. The number of hydrogen-bond acceptors (Lipinski definition) is 7. The maximum absolute atomic E-state index is 12.6. The number of thioether (sulfide) groups is 1. The number of ether oxygens (including phenoxy) is 1. The van der Waals surface area contributed by atoms with E-state index in [2.05, 4.69) is 20.5 Å². The third-order valence-corrected chi connectivity index (χ3v) is 5.05. The monoisotopic (exact) mass is 413 g/mol. The van der Waals surface area contributed by atoms with Crippen molar-refractivity contribution in [2.24, 2.45) is 0 Å². The lowest BCUT2D eigenvalue weighted by atomic mass is 10.1. The van der Waals surface area contributed by atoms with Crippen LogP contribution in [-0.4, -0.2) is 38.4 Å². The minimum atomic E-state index is -0.541. The highest BCUT2D eigenvalue weighted by Crippen LogP contribution is 2.30. The highest BCUT2D eigenvalue weighted by molar-refractivity contribution is 8.00. The molecule has 0 saturated carbocycles. The molecule has 3 rings (SSSR count). The molecule has 1 aromatic heterocycles. The van der Waals surface area contributed by atoms with Crippen LogP contribution in [0.4, 0.5) is 11.4 Å². The normalized spacial score (nSPS) is 11.7. The minimum Gasteiger partial charge on any atom is -0.495 e. The summed E-state index contributed by atoms with van der Waals surface area (Å²) in [6.45, 7) is 3.70. The third-order valence-electron chi connectivity index (χ3n) is 4.09. The second-order valence-corrected chi connectivity index (χ2v) is 7.53. The molecule has 3 aromatic rings. The predicted molar refractivity (Wildman–Crippen MR) is 110 cm³/mol. The van der Waals surface area contributed by atoms with Gasteiger partial charge in [0.2, 0.25) is 11.1 Å². The number of amides is 1. The number of anilines is 1. The van der Waals surface area contributed by atoms with Crippen LogP contribution in [0.2, 0.25) is 0 Å². The Balaban J connectivity index is 1.69. The van der Waals surface area contributed by atoms with Crippen LogP contribution in [0.25, 0.3) is 11.4 Å². The van der Waals surface area contributed by atoms with Gasteiger partial charge in [-0.1, -0.05) is 41.6 Å². The van der Waals surface area contributed by atoms with Gasteiger partial charge in [0.1, 0.15) is 5.75 Å². The average molecular weight is 413 g/mol. The first-order chi connectivity index (χ1) is 13.9. The summed E-state index contributed by atoms with van der Waals surface area (Å²) in [5.41, 5.74) is 2.13. The molecule has 9 nitrogen and oxygen atoms in total. The maximum Gasteiger partial charge on any atom is 0.271 e. The molecule has 2 aromatic carbocycles. The van der Waals surface area contributed by atoms with E-state index in [9.17, 15) is 14.9 Å². The number of H-pyrrole nitrogens is 1. The summed E-state index contributed by atoms with van der Waals surface area (Å²) in [6, 6.07) is 11.8. The second-order valence-electron chi connectivity index (χ2n) is 6.22. The van der Waals surface area contributed by atoms with Gasteiger partial charge in [0.05, 0.1) is 23.0 Å². The van der Waals surface area contributed by atoms with Gasteiger partial charge in [0.25, 0.3) is 5.69 Å². The van der Waals surface area contributed by atoms with Gasteiger partial charge in [-0.15, -0.1) is 5.10 Å². The Hall–Kier alpha value is -3.40. The average Bonchev–Trinajstić information content (AvgIpc) is 3.16. The summed E-state index contributed by atoms with van der Waals surface area (Å²) < 4.78 is 5.17. The number of non-ortho nitro benzene ring substituents is 1. The van der Waals surface area contributed by atoms with E-state index in [4.69, 9.17) is 4.74 Å². The van der Waals surface area contributed by atoms with Gasteiger partial charge in [-0.2, -0.15) is 0 Å². The summed E-state index contributed by atoms with van der Waals surface area (Å²) >= 11 is 1.17. The molecule has 0 saturated heterocycles. The number of carbonyl (C=O) groups is 1. The smallest absolute Gasteiger partial charge is 0.271 e. The lowest BCUT2D eigenvalue weighted by Gasteiger charge is -2.13. The molecule has 0 aliphatic rings. The molecule has 10 heteroatoms. The van der Waals surface area contributed by atoms with Crippen LogP contribution in [0.1, 0.15) is 12.5 Å². The molecule has 29 heavy (non-hydrogen) atoms. The van der Waals surface area contributed by atoms with Crippen molar-refractivity contribution in [1.29, 1.82) is 0 Å². The van der Waals surface area contributed by atoms with Crippen molar-refractivity contribution in [3.8, 4) is 17.1 Å². The Morgan fingerprint density at radius 3 is 2.66 bits per heavy atom. The highest BCUT2D eigenvalue weighted by atomic mass is 32.2. The van der Waals surface area contributed by atoms with Crippen molar-refractivity contribution in [2.45, 2.75) is 24.3 Å². The van der Waals surface area contributed by atoms with Crippen molar-refractivity contribution in [3.63, 3.8) is 0 Å². The van der Waals surface area contributed by atoms with E-state index in [0.717, 1.165) is 11.1 Å². The van der Waals surface area contributed by atoms with Crippen LogP contribution >= 0.6 is 11.8 Å². The number of hydrogen-bond donors (Lipinski definition) is 2. The molecule has 150 valence electrons. The lowest BCUT2D eigenvalue weighted by Crippen LogP contribution is -2.23. The molecule has 1 atom stereocenters. The van der Waals surface area contributed by atoms with Crippen molar-refractivity contribution >= 4 is 29.0 Å². The number of benzene rings is 2. The van der Waals surface area contributed by atoms with Crippen LogP contribution in [-0.2, 0) is 4.79 Å². The Morgan fingerprint density at radius 1 is 1.28 bits per heavy atom. The number of nitrogens with one attached hydrogen (secondary N) is 2. The van der Waals surface area contributed by atoms with E-state index in [-0.39, 0.29) is 17.3 Å². The molecular weight excluding hydrogens is 394 g/mol. The summed E-state index contributed by atoms with van der Waals surface area (Å²) in [6.07, 6.45) is 0. The fourth-order valence-corrected chi connectivity index (χ4v) is 3.22. The number of aromatic amines is 1. The molecule has 0 aliphatic carbocycles. The Bertz CT molecular complexity index is 1040. The number of methoxy groups -OCH3 is 1. The second kappa shape index (κ2) is 8.74. The number of rotatable bonds is 7. The first-order valence-corrected chi connectivity index (χ1v) is 9.54. The zero-order valence-electron chi connectivity index (χ0n) is 16.0. The number of aryl methyl sites for hydroxylation is 1. The van der Waals surface area contributed by atoms with Gasteiger partial charge in [-0.3, -0.25) is 20.0 Å². The van der Waals surface area contributed by atoms with Crippen molar-refractivity contribution in [2.75, 3.05) is 12.4 Å². The predicted octanol–water partition coefficient (Wildman–Crippen LogP) is 3.82. The minimum absolute atomic E-state index is 0.141. The summed E-state index contributed by atoms with van der Waals surface area (Å²) in [4.78, 5) is 27.4. The van der Waals surface area contributed by atoms with Gasteiger partial charge in [0, 0.05) is 17.7 Å². The molecule has 1 heterocycles. The Morgan fingerprint density at radius 2 is 2.00 bits per heavy atom. The first-order valence-electron chi connectivity index (χ1n) is 8.66. The highest BCUT2D eigenvalue weighted by Gasteiger charge is 2.20. The van der Waals surface area contributed by atoms with Gasteiger partial charge >= 0.3 is 0 Å². The SMILES string of the molecule is COc1ccc([N+](=O)[O-])cc1NC(=O)[C@H](C)Sc1n[nH]c(-c2ccc(C)cc2)n1. The van der Waals surface area contributed by atoms with E-state index < -0.39 is 10.2 Å². The van der Waals surface area contributed by atoms with Crippen LogP contribution in [0.15, 0.2) is 47.6 Å². The fourth-order valence-electron chi connectivity index (χ4n) is 2.49. The zero-order valence-corrected chi connectivity index (χ0v) is 16.8. The largest absolute Gasteiger partial charge is 0.495 e. The van der Waals surface area contributed by atoms with E-state index >= 15 is 0 Å². The summed E-state index contributed by atoms with van der Waals surface area (Å²) in [5.74, 6) is 0.594. The molecule has 0 bridgehead atoms. The van der Waals surface area contributed by atoms with E-state index in [1.807, 2.05) is 31.2 Å². The molecular formula is C19H19N5O4S. The topological polar surface area (TPSA) is 123 Å². The summed E-state index contributed by atoms with van der Waals surface area (Å²) in [5, 5.41) is 20.5. The quantitative estimate of drug-likeness (QED) is 0.343. The number of nitro groups is 1. The lowest BCUT2D eigenvalue weighted by molar-refractivity contribution is -0.384. The van der Waals surface area contributed by atoms with Gasteiger partial charge in [-0.05, 0) is 19.9 Å². The Labute approximate surface area is 171 Å². The Kier molecular flexibility index (Phi) is 6.13. The van der Waals surface area contributed by atoms with Crippen molar-refractivity contribution in [3.05, 3.63) is 58.1 Å². The number of nitrogens with zero attached hydrogens (tertiary/aromatic N) is 3. The first kappa shape index (κ1) is 20.3. The van der Waals surface area contributed by atoms with E-state index in [1.165, 1.54) is 37.1 Å². The van der Waals surface area contributed by atoms with Crippen LogP contribution in [0.3, 0.4) is 0 Å². The van der Waals surface area contributed by atoms with Crippen molar-refractivity contribution < 1.29 is 14.5 Å².